The van der Waals surface area contributed by atoms with Gasteiger partial charge in [-0.25, -0.2) is 0 Å². The maximum atomic E-state index is 10.1. The van der Waals surface area contributed by atoms with Crippen molar-refractivity contribution in [2.75, 3.05) is 14.2 Å². The molecule has 0 aliphatic heterocycles. The van der Waals surface area contributed by atoms with Gasteiger partial charge in [-0.2, -0.15) is 0 Å². The molecule has 2 rings (SSSR count). The number of para-hydroxylation sites is 1. The van der Waals surface area contributed by atoms with Gasteiger partial charge >= 0.3 is 0 Å². The summed E-state index contributed by atoms with van der Waals surface area (Å²) >= 11 is 0. The Morgan fingerprint density at radius 2 is 2.00 bits per heavy atom. The Morgan fingerprint density at radius 3 is 2.72 bits per heavy atom. The van der Waals surface area contributed by atoms with Crippen molar-refractivity contribution in [3.8, 4) is 5.75 Å². The molecule has 0 saturated heterocycles. The Kier molecular flexibility index (Phi) is 4.61. The molecule has 1 aliphatic carbocycles. The van der Waals surface area contributed by atoms with E-state index in [1.54, 1.807) is 7.11 Å². The number of methoxy groups -OCH3 is 1. The van der Waals surface area contributed by atoms with Crippen LogP contribution in [-0.4, -0.2) is 36.3 Å². The number of ether oxygens (including phenoxy) is 1. The van der Waals surface area contributed by atoms with Crippen molar-refractivity contribution < 1.29 is 9.84 Å². The molecule has 0 aromatic heterocycles. The third-order valence-corrected chi connectivity index (χ3v) is 3.87. The van der Waals surface area contributed by atoms with Gasteiger partial charge in [0.2, 0.25) is 0 Å². The highest BCUT2D eigenvalue weighted by Crippen LogP contribution is 2.25. The molecule has 18 heavy (non-hydrogen) atoms. The SMILES string of the molecule is COc1ccccc1CN(C)[C@H]1CCCC[C@@H]1O. The van der Waals surface area contributed by atoms with E-state index in [0.29, 0.717) is 0 Å². The quantitative estimate of drug-likeness (QED) is 0.889. The number of rotatable bonds is 4. The second-order valence-corrected chi connectivity index (χ2v) is 5.15. The number of nitrogens with zero attached hydrogens (tertiary/aromatic N) is 1. The lowest BCUT2D eigenvalue weighted by atomic mass is 9.91. The van der Waals surface area contributed by atoms with Crippen LogP contribution in [0.25, 0.3) is 0 Å². The van der Waals surface area contributed by atoms with Crippen molar-refractivity contribution in [2.24, 2.45) is 0 Å². The monoisotopic (exact) mass is 249 g/mol. The van der Waals surface area contributed by atoms with Crippen LogP contribution in [0, 0.1) is 0 Å². The van der Waals surface area contributed by atoms with Crippen LogP contribution >= 0.6 is 0 Å². The van der Waals surface area contributed by atoms with Crippen molar-refractivity contribution in [2.45, 2.75) is 44.4 Å². The molecule has 1 aromatic rings. The number of likely N-dealkylation sites (N-methyl/N-ethyl adjacent to an activating group) is 1. The van der Waals surface area contributed by atoms with E-state index in [1.165, 1.54) is 12.0 Å². The fourth-order valence-corrected chi connectivity index (χ4v) is 2.83. The number of benzene rings is 1. The summed E-state index contributed by atoms with van der Waals surface area (Å²) in [4.78, 5) is 2.25. The predicted octanol–water partition coefficient (Wildman–Crippen LogP) is 2.43. The normalized spacial score (nSPS) is 24.2. The zero-order valence-corrected chi connectivity index (χ0v) is 11.3. The molecule has 2 atom stereocenters. The first-order valence-corrected chi connectivity index (χ1v) is 6.72. The van der Waals surface area contributed by atoms with Crippen LogP contribution in [-0.2, 0) is 6.54 Å². The van der Waals surface area contributed by atoms with Crippen molar-refractivity contribution in [3.63, 3.8) is 0 Å². The maximum Gasteiger partial charge on any atom is 0.123 e. The minimum atomic E-state index is -0.182. The Bertz CT molecular complexity index is 381. The summed E-state index contributed by atoms with van der Waals surface area (Å²) in [5.41, 5.74) is 1.18. The highest BCUT2D eigenvalue weighted by molar-refractivity contribution is 5.33. The first-order valence-electron chi connectivity index (χ1n) is 6.72. The second-order valence-electron chi connectivity index (χ2n) is 5.15. The zero-order valence-electron chi connectivity index (χ0n) is 11.3. The summed E-state index contributed by atoms with van der Waals surface area (Å²) in [6.07, 6.45) is 4.21. The van der Waals surface area contributed by atoms with Crippen LogP contribution in [0.4, 0.5) is 0 Å². The molecule has 3 heteroatoms. The second kappa shape index (κ2) is 6.21. The van der Waals surface area contributed by atoms with E-state index >= 15 is 0 Å². The number of hydrogen-bond acceptors (Lipinski definition) is 3. The minimum absolute atomic E-state index is 0.182. The van der Waals surface area contributed by atoms with E-state index in [-0.39, 0.29) is 12.1 Å². The molecule has 1 aliphatic rings. The standard InChI is InChI=1S/C15H23NO2/c1-16(13-8-4-5-9-14(13)17)11-12-7-3-6-10-15(12)18-2/h3,6-7,10,13-14,17H,4-5,8-9,11H2,1-2H3/t13-,14-/m0/s1. The molecule has 0 amide bonds. The lowest BCUT2D eigenvalue weighted by Crippen LogP contribution is -2.42. The molecule has 0 heterocycles. The van der Waals surface area contributed by atoms with Crippen LogP contribution in [0.3, 0.4) is 0 Å². The maximum absolute atomic E-state index is 10.1. The van der Waals surface area contributed by atoms with Gasteiger partial charge in [0.15, 0.2) is 0 Å². The lowest BCUT2D eigenvalue weighted by Gasteiger charge is -2.35. The van der Waals surface area contributed by atoms with Gasteiger partial charge in [0, 0.05) is 18.2 Å². The molecule has 1 aromatic carbocycles. The molecule has 0 bridgehead atoms. The molecular weight excluding hydrogens is 226 g/mol. The molecule has 0 spiro atoms. The molecular formula is C15H23NO2. The fraction of sp³-hybridized carbons (Fsp3) is 0.600. The smallest absolute Gasteiger partial charge is 0.123 e. The van der Waals surface area contributed by atoms with E-state index < -0.39 is 0 Å². The van der Waals surface area contributed by atoms with Gasteiger partial charge in [-0.3, -0.25) is 4.90 Å². The molecule has 0 unspecified atom stereocenters. The third-order valence-electron chi connectivity index (χ3n) is 3.87. The summed E-state index contributed by atoms with van der Waals surface area (Å²) in [5, 5.41) is 10.1. The predicted molar refractivity (Wildman–Crippen MR) is 72.7 cm³/mol. The Morgan fingerprint density at radius 1 is 1.28 bits per heavy atom. The number of hydrogen-bond donors (Lipinski definition) is 1. The molecule has 0 radical (unpaired) electrons. The van der Waals surface area contributed by atoms with Crippen LogP contribution in [0.5, 0.6) is 5.75 Å². The van der Waals surface area contributed by atoms with Crippen LogP contribution < -0.4 is 4.74 Å². The van der Waals surface area contributed by atoms with Crippen LogP contribution in [0.2, 0.25) is 0 Å². The topological polar surface area (TPSA) is 32.7 Å². The van der Waals surface area contributed by atoms with Gasteiger partial charge in [0.05, 0.1) is 13.2 Å². The summed E-state index contributed by atoms with van der Waals surface area (Å²) in [7, 11) is 3.79. The van der Waals surface area contributed by atoms with Gasteiger partial charge < -0.3 is 9.84 Å². The Hall–Kier alpha value is -1.06. The molecule has 1 saturated carbocycles. The summed E-state index contributed by atoms with van der Waals surface area (Å²) in [6.45, 7) is 0.825. The fourth-order valence-electron chi connectivity index (χ4n) is 2.83. The average molecular weight is 249 g/mol. The van der Waals surface area contributed by atoms with Crippen LogP contribution in [0.15, 0.2) is 24.3 Å². The molecule has 100 valence electrons. The van der Waals surface area contributed by atoms with Gasteiger partial charge in [-0.15, -0.1) is 0 Å². The van der Waals surface area contributed by atoms with E-state index in [0.717, 1.165) is 31.6 Å². The van der Waals surface area contributed by atoms with Crippen molar-refractivity contribution in [1.29, 1.82) is 0 Å². The van der Waals surface area contributed by atoms with Crippen LogP contribution in [0.1, 0.15) is 31.2 Å². The minimum Gasteiger partial charge on any atom is -0.496 e. The van der Waals surface area contributed by atoms with E-state index in [1.807, 2.05) is 18.2 Å². The molecule has 1 fully saturated rings. The van der Waals surface area contributed by atoms with Gasteiger partial charge in [0.25, 0.3) is 0 Å². The van der Waals surface area contributed by atoms with Crippen molar-refractivity contribution in [1.82, 2.24) is 4.90 Å². The van der Waals surface area contributed by atoms with Crippen molar-refractivity contribution >= 4 is 0 Å². The average Bonchev–Trinajstić information content (AvgIpc) is 2.39. The molecule has 3 nitrogen and oxygen atoms in total. The van der Waals surface area contributed by atoms with E-state index in [4.69, 9.17) is 4.74 Å². The number of aliphatic hydroxyl groups is 1. The summed E-state index contributed by atoms with van der Waals surface area (Å²) in [6, 6.07) is 8.37. The van der Waals surface area contributed by atoms with E-state index in [2.05, 4.69) is 18.0 Å². The Labute approximate surface area is 109 Å². The van der Waals surface area contributed by atoms with Gasteiger partial charge in [-0.05, 0) is 26.0 Å². The lowest BCUT2D eigenvalue weighted by molar-refractivity contribution is 0.0285. The summed E-state index contributed by atoms with van der Waals surface area (Å²) in [5.74, 6) is 0.926. The highest BCUT2D eigenvalue weighted by Gasteiger charge is 2.26. The third kappa shape index (κ3) is 3.03. The first-order chi connectivity index (χ1) is 8.72. The Balaban J connectivity index is 2.03. The largest absolute Gasteiger partial charge is 0.496 e. The van der Waals surface area contributed by atoms with Crippen molar-refractivity contribution in [3.05, 3.63) is 29.8 Å². The number of aliphatic hydroxyl groups excluding tert-OH is 1. The summed E-state index contributed by atoms with van der Waals surface area (Å²) < 4.78 is 5.37. The first kappa shape index (κ1) is 13.4. The van der Waals surface area contributed by atoms with E-state index in [9.17, 15) is 5.11 Å². The molecule has 1 N–H and O–H groups in total. The highest BCUT2D eigenvalue weighted by atomic mass is 16.5. The van der Waals surface area contributed by atoms with Gasteiger partial charge in [0.1, 0.15) is 5.75 Å². The van der Waals surface area contributed by atoms with Gasteiger partial charge in [-0.1, -0.05) is 31.0 Å². The zero-order chi connectivity index (χ0) is 13.0.